The van der Waals surface area contributed by atoms with E-state index in [0.29, 0.717) is 16.9 Å². The van der Waals surface area contributed by atoms with Crippen LogP contribution in [0.3, 0.4) is 0 Å². The van der Waals surface area contributed by atoms with E-state index < -0.39 is 12.1 Å². The summed E-state index contributed by atoms with van der Waals surface area (Å²) in [5.74, 6) is -0.00745. The molecule has 0 N–H and O–H groups in total. The Morgan fingerprint density at radius 2 is 1.56 bits per heavy atom. The molecule has 0 saturated heterocycles. The van der Waals surface area contributed by atoms with Gasteiger partial charge in [-0.25, -0.2) is 4.79 Å². The van der Waals surface area contributed by atoms with Crippen molar-refractivity contribution in [2.24, 2.45) is 0 Å². The minimum absolute atomic E-state index is 0.228. The van der Waals surface area contributed by atoms with Crippen LogP contribution >= 0.6 is 0 Å². The van der Waals surface area contributed by atoms with Gasteiger partial charge in [-0.05, 0) is 80.1 Å². The van der Waals surface area contributed by atoms with Crippen molar-refractivity contribution in [2.45, 2.75) is 38.7 Å². The van der Waals surface area contributed by atoms with Crippen LogP contribution in [0.2, 0.25) is 0 Å². The lowest BCUT2D eigenvalue weighted by Crippen LogP contribution is -2.24. The average Bonchev–Trinajstić information content (AvgIpc) is 2.67. The number of rotatable bonds is 5. The molecule has 0 aromatic heterocycles. The van der Waals surface area contributed by atoms with Gasteiger partial charge < -0.3 is 9.47 Å². The molecule has 0 saturated carbocycles. The maximum absolute atomic E-state index is 12.4. The first-order chi connectivity index (χ1) is 12.1. The zero-order valence-corrected chi connectivity index (χ0v) is 14.6. The average molecular weight is 338 g/mol. The zero-order chi connectivity index (χ0) is 17.8. The Balaban J connectivity index is 1.68. The minimum Gasteiger partial charge on any atom is -0.497 e. The summed E-state index contributed by atoms with van der Waals surface area (Å²) in [5.41, 5.74) is 3.53. The molecule has 0 aliphatic heterocycles. The highest BCUT2D eigenvalue weighted by Gasteiger charge is 2.21. The summed E-state index contributed by atoms with van der Waals surface area (Å²) in [5, 5.41) is 0. The Kier molecular flexibility index (Phi) is 5.17. The molecule has 0 unspecified atom stereocenters. The Hall–Kier alpha value is -2.62. The van der Waals surface area contributed by atoms with Crippen LogP contribution in [-0.4, -0.2) is 25.0 Å². The Morgan fingerprint density at radius 3 is 2.24 bits per heavy atom. The van der Waals surface area contributed by atoms with Crippen molar-refractivity contribution in [2.75, 3.05) is 7.11 Å². The number of carbonyl (C=O) groups is 2. The number of Topliss-reactive ketones (excluding diaryl/α,β-unsaturated/α-hetero) is 1. The summed E-state index contributed by atoms with van der Waals surface area (Å²) in [4.78, 5) is 24.8. The van der Waals surface area contributed by atoms with Crippen LogP contribution in [0, 0.1) is 0 Å². The molecule has 2 aromatic carbocycles. The van der Waals surface area contributed by atoms with Gasteiger partial charge in [0.2, 0.25) is 5.78 Å². The van der Waals surface area contributed by atoms with Crippen molar-refractivity contribution >= 4 is 11.8 Å². The summed E-state index contributed by atoms with van der Waals surface area (Å²) < 4.78 is 10.5. The third-order valence-corrected chi connectivity index (χ3v) is 4.61. The number of benzene rings is 2. The molecule has 2 aromatic rings. The van der Waals surface area contributed by atoms with Crippen molar-refractivity contribution in [1.82, 2.24) is 0 Å². The van der Waals surface area contributed by atoms with Gasteiger partial charge in [0.05, 0.1) is 12.7 Å². The van der Waals surface area contributed by atoms with E-state index in [1.54, 1.807) is 44.4 Å². The molecule has 0 spiro atoms. The monoisotopic (exact) mass is 338 g/mol. The minimum atomic E-state index is -0.836. The number of esters is 1. The third kappa shape index (κ3) is 3.90. The van der Waals surface area contributed by atoms with Crippen LogP contribution in [0.25, 0.3) is 0 Å². The summed E-state index contributed by atoms with van der Waals surface area (Å²) in [7, 11) is 1.57. The highest BCUT2D eigenvalue weighted by molar-refractivity contribution is 6.01. The van der Waals surface area contributed by atoms with Crippen LogP contribution in [0.15, 0.2) is 42.5 Å². The van der Waals surface area contributed by atoms with Crippen molar-refractivity contribution in [1.29, 1.82) is 0 Å². The van der Waals surface area contributed by atoms with E-state index in [1.165, 1.54) is 17.5 Å². The standard InChI is InChI=1S/C21H22O4/c1-14(20(22)16-9-11-19(24-2)12-10-16)25-21(23)18-8-7-15-5-3-4-6-17(15)13-18/h7-14H,3-6H2,1-2H3/t14-/m1/s1. The van der Waals surface area contributed by atoms with Crippen LogP contribution in [-0.2, 0) is 17.6 Å². The van der Waals surface area contributed by atoms with Crippen LogP contribution in [0.4, 0.5) is 0 Å². The van der Waals surface area contributed by atoms with Gasteiger partial charge in [0, 0.05) is 5.56 Å². The molecule has 0 fully saturated rings. The second-order valence-corrected chi connectivity index (χ2v) is 6.33. The molecule has 1 atom stereocenters. The first kappa shape index (κ1) is 17.2. The van der Waals surface area contributed by atoms with Gasteiger partial charge >= 0.3 is 5.97 Å². The first-order valence-corrected chi connectivity index (χ1v) is 8.59. The molecule has 0 heterocycles. The van der Waals surface area contributed by atoms with Crippen molar-refractivity contribution in [3.05, 3.63) is 64.7 Å². The number of ether oxygens (including phenoxy) is 2. The number of aryl methyl sites for hydroxylation is 2. The molecule has 4 heteroatoms. The number of hydrogen-bond donors (Lipinski definition) is 0. The normalized spacial score (nSPS) is 14.3. The predicted molar refractivity (Wildman–Crippen MR) is 95.3 cm³/mol. The highest BCUT2D eigenvalue weighted by atomic mass is 16.5. The molecule has 0 radical (unpaired) electrons. The quantitative estimate of drug-likeness (QED) is 0.611. The SMILES string of the molecule is COc1ccc(C(=O)[C@@H](C)OC(=O)c2ccc3c(c2)CCCC3)cc1. The lowest BCUT2D eigenvalue weighted by atomic mass is 9.90. The van der Waals surface area contributed by atoms with E-state index in [9.17, 15) is 9.59 Å². The fraction of sp³-hybridized carbons (Fsp3) is 0.333. The molecule has 1 aliphatic carbocycles. The van der Waals surface area contributed by atoms with Crippen molar-refractivity contribution in [3.63, 3.8) is 0 Å². The molecular formula is C21H22O4. The Morgan fingerprint density at radius 1 is 0.920 bits per heavy atom. The number of carbonyl (C=O) groups excluding carboxylic acids is 2. The van der Waals surface area contributed by atoms with E-state index >= 15 is 0 Å². The number of hydrogen-bond acceptors (Lipinski definition) is 4. The highest BCUT2D eigenvalue weighted by Crippen LogP contribution is 2.23. The van der Waals surface area contributed by atoms with Gasteiger partial charge in [0.15, 0.2) is 6.10 Å². The van der Waals surface area contributed by atoms with E-state index in [1.807, 2.05) is 12.1 Å². The first-order valence-electron chi connectivity index (χ1n) is 8.59. The Labute approximate surface area is 147 Å². The van der Waals surface area contributed by atoms with Gasteiger partial charge in [-0.1, -0.05) is 6.07 Å². The molecule has 1 aliphatic rings. The van der Waals surface area contributed by atoms with E-state index in [0.717, 1.165) is 19.3 Å². The van der Waals surface area contributed by atoms with E-state index in [4.69, 9.17) is 9.47 Å². The maximum Gasteiger partial charge on any atom is 0.338 e. The van der Waals surface area contributed by atoms with E-state index in [2.05, 4.69) is 0 Å². The van der Waals surface area contributed by atoms with Crippen LogP contribution in [0.1, 0.15) is 51.6 Å². The summed E-state index contributed by atoms with van der Waals surface area (Å²) in [6.45, 7) is 1.60. The Bertz CT molecular complexity index is 777. The van der Waals surface area contributed by atoms with Gasteiger partial charge in [-0.15, -0.1) is 0 Å². The molecule has 0 amide bonds. The summed E-state index contributed by atoms with van der Waals surface area (Å²) >= 11 is 0. The molecule has 3 rings (SSSR count). The zero-order valence-electron chi connectivity index (χ0n) is 14.6. The topological polar surface area (TPSA) is 52.6 Å². The van der Waals surface area contributed by atoms with Crippen molar-refractivity contribution in [3.8, 4) is 5.75 Å². The van der Waals surface area contributed by atoms with Crippen molar-refractivity contribution < 1.29 is 19.1 Å². The predicted octanol–water partition coefficient (Wildman–Crippen LogP) is 4.00. The summed E-state index contributed by atoms with van der Waals surface area (Å²) in [6, 6.07) is 12.5. The van der Waals surface area contributed by atoms with Gasteiger partial charge in [-0.3, -0.25) is 4.79 Å². The lowest BCUT2D eigenvalue weighted by molar-refractivity contribution is 0.0318. The fourth-order valence-electron chi connectivity index (χ4n) is 3.13. The van der Waals surface area contributed by atoms with Gasteiger partial charge in [-0.2, -0.15) is 0 Å². The largest absolute Gasteiger partial charge is 0.497 e. The smallest absolute Gasteiger partial charge is 0.338 e. The van der Waals surface area contributed by atoms with Gasteiger partial charge in [0.25, 0.3) is 0 Å². The second kappa shape index (κ2) is 7.51. The van der Waals surface area contributed by atoms with E-state index in [-0.39, 0.29) is 5.78 Å². The van der Waals surface area contributed by atoms with Gasteiger partial charge in [0.1, 0.15) is 5.75 Å². The second-order valence-electron chi connectivity index (χ2n) is 6.33. The number of methoxy groups -OCH3 is 1. The lowest BCUT2D eigenvalue weighted by Gasteiger charge is -2.17. The molecule has 0 bridgehead atoms. The van der Waals surface area contributed by atoms with Crippen LogP contribution in [0.5, 0.6) is 5.75 Å². The van der Waals surface area contributed by atoms with Crippen LogP contribution < -0.4 is 4.74 Å². The summed E-state index contributed by atoms with van der Waals surface area (Å²) in [6.07, 6.45) is 3.58. The number of ketones is 1. The fourth-order valence-corrected chi connectivity index (χ4v) is 3.13. The number of fused-ring (bicyclic) bond motifs is 1. The third-order valence-electron chi connectivity index (χ3n) is 4.61. The molecule has 4 nitrogen and oxygen atoms in total. The molecular weight excluding hydrogens is 316 g/mol. The maximum atomic E-state index is 12.4. The molecule has 130 valence electrons. The molecule has 25 heavy (non-hydrogen) atoms.